The molecule has 314 valence electrons. The van der Waals surface area contributed by atoms with E-state index in [0.717, 1.165) is 37.7 Å². The number of allylic oxidation sites excluding steroid dienone is 1. The van der Waals surface area contributed by atoms with Gasteiger partial charge in [0.05, 0.1) is 31.3 Å². The Hall–Kier alpha value is -1.31. The molecular formula is C40H64O15. The number of cyclic esters (lactones) is 1. The van der Waals surface area contributed by atoms with Crippen LogP contribution in [-0.4, -0.2) is 150 Å². The van der Waals surface area contributed by atoms with Crippen LogP contribution in [0.2, 0.25) is 0 Å². The van der Waals surface area contributed by atoms with Crippen LogP contribution >= 0.6 is 0 Å². The molecule has 15 nitrogen and oxygen atoms in total. The Bertz CT molecular complexity index is 1420. The van der Waals surface area contributed by atoms with Crippen LogP contribution in [0, 0.1) is 46.3 Å². The van der Waals surface area contributed by atoms with E-state index in [-0.39, 0.29) is 41.5 Å². The molecule has 0 spiro atoms. The van der Waals surface area contributed by atoms with Gasteiger partial charge in [-0.15, -0.1) is 0 Å². The molecule has 3 aliphatic heterocycles. The van der Waals surface area contributed by atoms with E-state index in [1.165, 1.54) is 0 Å². The number of aliphatic hydroxyl groups excluding tert-OH is 8. The largest absolute Gasteiger partial charge is 0.459 e. The lowest BCUT2D eigenvalue weighted by atomic mass is 9.46. The van der Waals surface area contributed by atoms with Gasteiger partial charge in [-0.05, 0) is 86.9 Å². The number of hydrogen-bond donors (Lipinski definition) is 9. The van der Waals surface area contributed by atoms with Crippen LogP contribution in [0.15, 0.2) is 11.6 Å². The number of hydrogen-bond acceptors (Lipinski definition) is 15. The zero-order valence-corrected chi connectivity index (χ0v) is 32.6. The topological polar surface area (TPSA) is 245 Å². The zero-order valence-electron chi connectivity index (χ0n) is 32.6. The van der Waals surface area contributed by atoms with Gasteiger partial charge in [0.2, 0.25) is 0 Å². The molecule has 9 unspecified atom stereocenters. The third kappa shape index (κ3) is 6.94. The molecule has 15 heteroatoms. The predicted molar refractivity (Wildman–Crippen MR) is 191 cm³/mol. The zero-order chi connectivity index (χ0) is 39.9. The molecule has 22 atom stereocenters. The lowest BCUT2D eigenvalue weighted by Crippen LogP contribution is -2.62. The molecule has 0 aromatic carbocycles. The second kappa shape index (κ2) is 15.4. The third-order valence-electron chi connectivity index (χ3n) is 15.9. The van der Waals surface area contributed by atoms with E-state index in [0.29, 0.717) is 24.7 Å². The van der Waals surface area contributed by atoms with Crippen molar-refractivity contribution in [1.82, 2.24) is 0 Å². The predicted octanol–water partition coefficient (Wildman–Crippen LogP) is -0.116. The summed E-state index contributed by atoms with van der Waals surface area (Å²) in [5.74, 6) is 0.515. The molecule has 7 aliphatic rings. The SMILES string of the molecule is CC1CC([C@](C)(O)C2CCC3C4CC=C5C[C@@H](OC6O[C@H](COC7O[C@H](CO)[C@@H](O)[C@H](O)[C@H]7O)[C@@H](O)[C@H](O)[C@H]6O)C[C@H](O)[C@]5(C)C4CC[C@@]32C)OC(=O)C1C. The Morgan fingerprint density at radius 1 is 0.855 bits per heavy atom. The van der Waals surface area contributed by atoms with Gasteiger partial charge in [-0.1, -0.05) is 39.3 Å². The number of esters is 1. The lowest BCUT2D eigenvalue weighted by Gasteiger charge is -2.60. The summed E-state index contributed by atoms with van der Waals surface area (Å²) in [6, 6.07) is 0. The minimum absolute atomic E-state index is 0.0289. The first-order chi connectivity index (χ1) is 25.8. The van der Waals surface area contributed by atoms with Crippen molar-refractivity contribution in [3.05, 3.63) is 11.6 Å². The first-order valence-electron chi connectivity index (χ1n) is 20.4. The molecule has 7 rings (SSSR count). The maximum absolute atomic E-state index is 12.7. The van der Waals surface area contributed by atoms with Crippen LogP contribution in [0.1, 0.15) is 86.0 Å². The fourth-order valence-electron chi connectivity index (χ4n) is 12.2. The molecule has 3 saturated heterocycles. The van der Waals surface area contributed by atoms with E-state index in [9.17, 15) is 50.8 Å². The second-order valence-corrected chi connectivity index (χ2v) is 18.7. The molecule has 0 aromatic heterocycles. The minimum atomic E-state index is -1.68. The van der Waals surface area contributed by atoms with Gasteiger partial charge in [-0.2, -0.15) is 0 Å². The van der Waals surface area contributed by atoms with Gasteiger partial charge in [0.15, 0.2) is 12.6 Å². The van der Waals surface area contributed by atoms with E-state index in [2.05, 4.69) is 26.8 Å². The Morgan fingerprint density at radius 3 is 2.18 bits per heavy atom. The number of ether oxygens (including phenoxy) is 5. The van der Waals surface area contributed by atoms with Crippen molar-refractivity contribution in [3.8, 4) is 0 Å². The normalized spacial score (nSPS) is 54.0. The summed E-state index contributed by atoms with van der Waals surface area (Å²) in [6.45, 7) is 9.14. The summed E-state index contributed by atoms with van der Waals surface area (Å²) >= 11 is 0. The molecule has 0 bridgehead atoms. The molecule has 0 radical (unpaired) electrons. The first kappa shape index (κ1) is 41.8. The summed E-state index contributed by atoms with van der Waals surface area (Å²) in [5, 5.41) is 96.5. The van der Waals surface area contributed by atoms with Crippen LogP contribution < -0.4 is 0 Å². The van der Waals surface area contributed by atoms with Crippen molar-refractivity contribution in [2.75, 3.05) is 13.2 Å². The highest BCUT2D eigenvalue weighted by atomic mass is 16.7. The van der Waals surface area contributed by atoms with Crippen LogP contribution in [0.5, 0.6) is 0 Å². The number of rotatable bonds is 8. The quantitative estimate of drug-likeness (QED) is 0.115. The van der Waals surface area contributed by atoms with E-state index in [1.54, 1.807) is 0 Å². The van der Waals surface area contributed by atoms with Crippen LogP contribution in [0.3, 0.4) is 0 Å². The fraction of sp³-hybridized carbons (Fsp3) is 0.925. The van der Waals surface area contributed by atoms with Crippen LogP contribution in [-0.2, 0) is 28.5 Å². The molecule has 0 amide bonds. The average Bonchev–Trinajstić information content (AvgIpc) is 3.51. The summed E-state index contributed by atoms with van der Waals surface area (Å²) < 4.78 is 29.0. The number of carbonyl (C=O) groups is 1. The highest BCUT2D eigenvalue weighted by Gasteiger charge is 2.64. The molecule has 6 fully saturated rings. The monoisotopic (exact) mass is 784 g/mol. The molecule has 4 aliphatic carbocycles. The summed E-state index contributed by atoms with van der Waals surface area (Å²) in [7, 11) is 0. The third-order valence-corrected chi connectivity index (χ3v) is 15.9. The Balaban J connectivity index is 1.01. The van der Waals surface area contributed by atoms with Crippen LogP contribution in [0.25, 0.3) is 0 Å². The summed E-state index contributed by atoms with van der Waals surface area (Å²) in [6.07, 6.45) is -9.11. The Kier molecular flexibility index (Phi) is 11.7. The fourth-order valence-corrected chi connectivity index (χ4v) is 12.2. The van der Waals surface area contributed by atoms with Gasteiger partial charge in [-0.25, -0.2) is 0 Å². The van der Waals surface area contributed by atoms with Gasteiger partial charge in [-0.3, -0.25) is 4.79 Å². The average molecular weight is 785 g/mol. The summed E-state index contributed by atoms with van der Waals surface area (Å²) in [4.78, 5) is 12.7. The smallest absolute Gasteiger partial charge is 0.309 e. The van der Waals surface area contributed by atoms with Gasteiger partial charge < -0.3 is 69.6 Å². The van der Waals surface area contributed by atoms with Crippen molar-refractivity contribution in [2.45, 2.75) is 171 Å². The molecule has 3 saturated carbocycles. The number of carbonyl (C=O) groups excluding carboxylic acids is 1. The van der Waals surface area contributed by atoms with Gasteiger partial charge >= 0.3 is 5.97 Å². The second-order valence-electron chi connectivity index (χ2n) is 18.7. The van der Waals surface area contributed by atoms with Crippen molar-refractivity contribution in [2.24, 2.45) is 46.3 Å². The van der Waals surface area contributed by atoms with E-state index >= 15 is 0 Å². The van der Waals surface area contributed by atoms with Crippen molar-refractivity contribution in [1.29, 1.82) is 0 Å². The molecule has 3 heterocycles. The number of fused-ring (bicyclic) bond motifs is 5. The molecule has 0 aromatic rings. The summed E-state index contributed by atoms with van der Waals surface area (Å²) in [5.41, 5.74) is -0.749. The maximum atomic E-state index is 12.7. The van der Waals surface area contributed by atoms with Crippen molar-refractivity contribution >= 4 is 5.97 Å². The van der Waals surface area contributed by atoms with E-state index in [1.807, 2.05) is 13.8 Å². The lowest BCUT2D eigenvalue weighted by molar-refractivity contribution is -0.337. The van der Waals surface area contributed by atoms with Crippen LogP contribution in [0.4, 0.5) is 0 Å². The van der Waals surface area contributed by atoms with Crippen molar-refractivity contribution in [3.63, 3.8) is 0 Å². The highest BCUT2D eigenvalue weighted by Crippen LogP contribution is 2.68. The molecule has 55 heavy (non-hydrogen) atoms. The van der Waals surface area contributed by atoms with Crippen molar-refractivity contribution < 1.29 is 74.4 Å². The van der Waals surface area contributed by atoms with E-state index < -0.39 is 104 Å². The maximum Gasteiger partial charge on any atom is 0.309 e. The van der Waals surface area contributed by atoms with E-state index in [4.69, 9.17) is 23.7 Å². The standard InChI is InChI=1S/C40H64O15/c1-17-12-28(55-35(49)18(17)2)40(5,50)26-9-8-22-21-7-6-19-13-20(14-27(42)39(19,4)23(21)10-11-38(22,26)3)52-37-34(48)32(46)30(44)25(54-37)16-51-36-33(47)31(45)29(43)24(15-41)53-36/h6,17-18,20-34,36-37,41-48,50H,7-16H2,1-5H3/t17?,18?,20-,21?,22?,23?,24-,25-,26?,27+,28?,29-,30-,31+,32+,33-,34-,36?,37?,38+,39+,40-/m1/s1. The Morgan fingerprint density at radius 2 is 1.51 bits per heavy atom. The first-order valence-corrected chi connectivity index (χ1v) is 20.4. The highest BCUT2D eigenvalue weighted by molar-refractivity contribution is 5.73. The molecular weight excluding hydrogens is 720 g/mol. The van der Waals surface area contributed by atoms with Gasteiger partial charge in [0, 0.05) is 11.8 Å². The molecule has 9 N–H and O–H groups in total. The minimum Gasteiger partial charge on any atom is -0.459 e. The van der Waals surface area contributed by atoms with Gasteiger partial charge in [0.25, 0.3) is 0 Å². The number of aliphatic hydroxyl groups is 9. The Labute approximate surface area is 322 Å². The van der Waals surface area contributed by atoms with Gasteiger partial charge in [0.1, 0.15) is 60.5 Å².